The molecule has 0 atom stereocenters. The van der Waals surface area contributed by atoms with E-state index in [2.05, 4.69) is 9.88 Å². The zero-order chi connectivity index (χ0) is 10.7. The molecule has 1 aliphatic heterocycles. The summed E-state index contributed by atoms with van der Waals surface area (Å²) in [6.07, 6.45) is 3.96. The fraction of sp³-hybridized carbons (Fsp3) is 0.583. The summed E-state index contributed by atoms with van der Waals surface area (Å²) >= 11 is 0. The highest BCUT2D eigenvalue weighted by molar-refractivity contribution is 5.26. The molecule has 0 aromatic carbocycles. The van der Waals surface area contributed by atoms with Gasteiger partial charge in [0.15, 0.2) is 0 Å². The van der Waals surface area contributed by atoms with E-state index < -0.39 is 0 Å². The van der Waals surface area contributed by atoms with Crippen molar-refractivity contribution in [3.8, 4) is 5.75 Å². The van der Waals surface area contributed by atoms with Crippen molar-refractivity contribution in [3.63, 3.8) is 0 Å². The minimum atomic E-state index is 0.289. The van der Waals surface area contributed by atoms with Crippen LogP contribution in [0.1, 0.15) is 30.7 Å². The summed E-state index contributed by atoms with van der Waals surface area (Å²) < 4.78 is 0. The number of piperidine rings is 1. The topological polar surface area (TPSA) is 36.4 Å². The third kappa shape index (κ3) is 2.69. The summed E-state index contributed by atoms with van der Waals surface area (Å²) in [6, 6.07) is 3.65. The van der Waals surface area contributed by atoms with Crippen LogP contribution in [-0.4, -0.2) is 28.1 Å². The van der Waals surface area contributed by atoms with E-state index in [4.69, 9.17) is 0 Å². The van der Waals surface area contributed by atoms with E-state index in [0.29, 0.717) is 0 Å². The lowest BCUT2D eigenvalue weighted by Gasteiger charge is -2.26. The van der Waals surface area contributed by atoms with E-state index in [0.717, 1.165) is 17.9 Å². The summed E-state index contributed by atoms with van der Waals surface area (Å²) in [6.45, 7) is 5.12. The quantitative estimate of drug-likeness (QED) is 0.805. The number of likely N-dealkylation sites (tertiary alicyclic amines) is 1. The van der Waals surface area contributed by atoms with E-state index in [1.807, 2.05) is 13.0 Å². The summed E-state index contributed by atoms with van der Waals surface area (Å²) in [4.78, 5) is 6.81. The molecule has 2 rings (SSSR count). The second kappa shape index (κ2) is 4.62. The van der Waals surface area contributed by atoms with Gasteiger partial charge in [-0.15, -0.1) is 0 Å². The van der Waals surface area contributed by atoms with Gasteiger partial charge in [-0.05, 0) is 45.0 Å². The van der Waals surface area contributed by atoms with E-state index >= 15 is 0 Å². The Hall–Kier alpha value is -1.09. The molecule has 1 saturated heterocycles. The number of aryl methyl sites for hydroxylation is 1. The maximum atomic E-state index is 9.37. The number of nitrogens with zero attached hydrogens (tertiary/aromatic N) is 2. The predicted octanol–water partition coefficient (Wildman–Crippen LogP) is 2.08. The van der Waals surface area contributed by atoms with Crippen LogP contribution in [0.25, 0.3) is 0 Å². The van der Waals surface area contributed by atoms with Crippen molar-refractivity contribution < 1.29 is 5.11 Å². The molecule has 15 heavy (non-hydrogen) atoms. The molecular weight excluding hydrogens is 188 g/mol. The Labute approximate surface area is 90.8 Å². The first-order chi connectivity index (χ1) is 7.25. The Morgan fingerprint density at radius 3 is 2.67 bits per heavy atom. The van der Waals surface area contributed by atoms with Crippen LogP contribution in [0, 0.1) is 6.92 Å². The maximum absolute atomic E-state index is 9.37. The van der Waals surface area contributed by atoms with Gasteiger partial charge < -0.3 is 5.11 Å². The van der Waals surface area contributed by atoms with Crippen LogP contribution < -0.4 is 0 Å². The van der Waals surface area contributed by atoms with Crippen LogP contribution in [-0.2, 0) is 6.54 Å². The first-order valence-corrected chi connectivity index (χ1v) is 5.63. The SMILES string of the molecule is Cc1nc(CN2CCCCC2)ccc1O. The van der Waals surface area contributed by atoms with Crippen molar-refractivity contribution in [3.05, 3.63) is 23.5 Å². The van der Waals surface area contributed by atoms with Gasteiger partial charge in [-0.1, -0.05) is 6.42 Å². The largest absolute Gasteiger partial charge is 0.506 e. The molecular formula is C12H18N2O. The fourth-order valence-electron chi connectivity index (χ4n) is 2.04. The highest BCUT2D eigenvalue weighted by Gasteiger charge is 2.11. The highest BCUT2D eigenvalue weighted by atomic mass is 16.3. The van der Waals surface area contributed by atoms with Crippen molar-refractivity contribution in [1.29, 1.82) is 0 Å². The third-order valence-electron chi connectivity index (χ3n) is 2.95. The molecule has 3 nitrogen and oxygen atoms in total. The third-order valence-corrected chi connectivity index (χ3v) is 2.95. The van der Waals surface area contributed by atoms with E-state index in [-0.39, 0.29) is 5.75 Å². The van der Waals surface area contributed by atoms with Crippen LogP contribution in [0.2, 0.25) is 0 Å². The van der Waals surface area contributed by atoms with Gasteiger partial charge in [-0.2, -0.15) is 0 Å². The van der Waals surface area contributed by atoms with Gasteiger partial charge in [0.05, 0.1) is 11.4 Å². The molecule has 82 valence electrons. The normalized spacial score (nSPS) is 17.9. The number of aromatic nitrogens is 1. The first kappa shape index (κ1) is 10.4. The zero-order valence-corrected chi connectivity index (χ0v) is 9.24. The average Bonchev–Trinajstić information content (AvgIpc) is 2.25. The van der Waals surface area contributed by atoms with Crippen molar-refractivity contribution in [2.45, 2.75) is 32.7 Å². The second-order valence-corrected chi connectivity index (χ2v) is 4.24. The van der Waals surface area contributed by atoms with Gasteiger partial charge in [-0.25, -0.2) is 0 Å². The Morgan fingerprint density at radius 1 is 1.27 bits per heavy atom. The van der Waals surface area contributed by atoms with Crippen molar-refractivity contribution >= 4 is 0 Å². The van der Waals surface area contributed by atoms with E-state index in [9.17, 15) is 5.11 Å². The second-order valence-electron chi connectivity index (χ2n) is 4.24. The Bertz CT molecular complexity index is 332. The minimum Gasteiger partial charge on any atom is -0.506 e. The molecule has 0 spiro atoms. The first-order valence-electron chi connectivity index (χ1n) is 5.63. The van der Waals surface area contributed by atoms with Crippen LogP contribution in [0.3, 0.4) is 0 Å². The Morgan fingerprint density at radius 2 is 2.00 bits per heavy atom. The smallest absolute Gasteiger partial charge is 0.136 e. The van der Waals surface area contributed by atoms with Gasteiger partial charge in [0, 0.05) is 6.54 Å². The summed E-state index contributed by atoms with van der Waals surface area (Å²) in [5, 5.41) is 9.37. The lowest BCUT2D eigenvalue weighted by atomic mass is 10.1. The number of rotatable bonds is 2. The molecule has 3 heteroatoms. The molecule has 0 amide bonds. The van der Waals surface area contributed by atoms with Gasteiger partial charge >= 0.3 is 0 Å². The molecule has 1 aliphatic rings. The molecule has 2 heterocycles. The molecule has 1 fully saturated rings. The molecule has 0 saturated carbocycles. The fourth-order valence-corrected chi connectivity index (χ4v) is 2.04. The van der Waals surface area contributed by atoms with Gasteiger partial charge in [0.2, 0.25) is 0 Å². The van der Waals surface area contributed by atoms with E-state index in [1.165, 1.54) is 32.4 Å². The molecule has 0 radical (unpaired) electrons. The maximum Gasteiger partial charge on any atom is 0.136 e. The van der Waals surface area contributed by atoms with Gasteiger partial charge in [0.25, 0.3) is 0 Å². The van der Waals surface area contributed by atoms with Crippen molar-refractivity contribution in [2.24, 2.45) is 0 Å². The van der Waals surface area contributed by atoms with E-state index in [1.54, 1.807) is 6.07 Å². The molecule has 1 N–H and O–H groups in total. The van der Waals surface area contributed by atoms with Crippen LogP contribution in [0.4, 0.5) is 0 Å². The van der Waals surface area contributed by atoms with Crippen molar-refractivity contribution in [1.82, 2.24) is 9.88 Å². The lowest BCUT2D eigenvalue weighted by molar-refractivity contribution is 0.218. The molecule has 1 aromatic heterocycles. The van der Waals surface area contributed by atoms with Crippen LogP contribution >= 0.6 is 0 Å². The standard InChI is InChI=1S/C12H18N2O/c1-10-12(15)6-5-11(13-10)9-14-7-3-2-4-8-14/h5-6,15H,2-4,7-9H2,1H3. The molecule has 0 unspecified atom stereocenters. The molecule has 0 bridgehead atoms. The monoisotopic (exact) mass is 206 g/mol. The number of hydrogen-bond donors (Lipinski definition) is 1. The van der Waals surface area contributed by atoms with Gasteiger partial charge in [0.1, 0.15) is 5.75 Å². The zero-order valence-electron chi connectivity index (χ0n) is 9.24. The lowest BCUT2D eigenvalue weighted by Crippen LogP contribution is -2.29. The van der Waals surface area contributed by atoms with Crippen molar-refractivity contribution in [2.75, 3.05) is 13.1 Å². The summed E-state index contributed by atoms with van der Waals surface area (Å²) in [5.41, 5.74) is 1.79. The molecule has 0 aliphatic carbocycles. The van der Waals surface area contributed by atoms with Crippen LogP contribution in [0.5, 0.6) is 5.75 Å². The number of pyridine rings is 1. The Kier molecular flexibility index (Phi) is 3.21. The number of hydrogen-bond acceptors (Lipinski definition) is 3. The van der Waals surface area contributed by atoms with Crippen LogP contribution in [0.15, 0.2) is 12.1 Å². The average molecular weight is 206 g/mol. The number of aromatic hydroxyl groups is 1. The summed E-state index contributed by atoms with van der Waals surface area (Å²) in [7, 11) is 0. The predicted molar refractivity (Wildman–Crippen MR) is 59.8 cm³/mol. The summed E-state index contributed by atoms with van der Waals surface area (Å²) in [5.74, 6) is 0.289. The highest BCUT2D eigenvalue weighted by Crippen LogP contribution is 2.16. The van der Waals surface area contributed by atoms with Gasteiger partial charge in [-0.3, -0.25) is 9.88 Å². The minimum absolute atomic E-state index is 0.289. The Balaban J connectivity index is 2.00. The molecule has 1 aromatic rings.